The maximum absolute atomic E-state index is 9.64. The van der Waals surface area contributed by atoms with E-state index >= 15 is 0 Å². The largest absolute Gasteiger partial charge is 0.492 e. The molecule has 0 amide bonds. The molecule has 1 atom stereocenters. The number of hydrogen-bond donors (Lipinski definition) is 2. The first-order valence-corrected chi connectivity index (χ1v) is 4.73. The van der Waals surface area contributed by atoms with Crippen molar-refractivity contribution in [2.24, 2.45) is 5.73 Å². The van der Waals surface area contributed by atoms with Crippen molar-refractivity contribution in [2.45, 2.75) is 19.4 Å². The van der Waals surface area contributed by atoms with E-state index in [0.717, 1.165) is 5.56 Å². The van der Waals surface area contributed by atoms with E-state index in [0.29, 0.717) is 25.3 Å². The van der Waals surface area contributed by atoms with Crippen LogP contribution in [0.25, 0.3) is 0 Å². The topological polar surface area (TPSA) is 68.4 Å². The molecule has 4 heteroatoms. The van der Waals surface area contributed by atoms with Crippen LogP contribution >= 0.6 is 0 Å². The van der Waals surface area contributed by atoms with E-state index in [1.807, 2.05) is 6.92 Å². The van der Waals surface area contributed by atoms with Gasteiger partial charge in [-0.1, -0.05) is 0 Å². The zero-order valence-electron chi connectivity index (χ0n) is 8.31. The highest BCUT2D eigenvalue weighted by atomic mass is 16.5. The van der Waals surface area contributed by atoms with Crippen molar-refractivity contribution in [3.8, 4) is 5.75 Å². The van der Waals surface area contributed by atoms with Crippen LogP contribution < -0.4 is 10.5 Å². The molecule has 0 spiro atoms. The molecule has 1 aromatic heterocycles. The van der Waals surface area contributed by atoms with Gasteiger partial charge in [0.1, 0.15) is 5.75 Å². The molecular weight excluding hydrogens is 180 g/mol. The Hall–Kier alpha value is -1.13. The predicted molar refractivity (Wildman–Crippen MR) is 54.0 cm³/mol. The molecule has 0 aliphatic carbocycles. The summed E-state index contributed by atoms with van der Waals surface area (Å²) < 4.78 is 5.27. The first-order chi connectivity index (χ1) is 6.77. The molecule has 0 aliphatic heterocycles. The monoisotopic (exact) mass is 196 g/mol. The number of aliphatic hydroxyl groups excluding tert-OH is 1. The summed E-state index contributed by atoms with van der Waals surface area (Å²) in [4.78, 5) is 3.98. The third-order valence-corrected chi connectivity index (χ3v) is 1.87. The number of aliphatic hydroxyl groups is 1. The van der Waals surface area contributed by atoms with Gasteiger partial charge in [-0.15, -0.1) is 0 Å². The SMILES string of the molecule is CCOc1cncc(C(O)CCN)c1. The zero-order valence-corrected chi connectivity index (χ0v) is 8.31. The van der Waals surface area contributed by atoms with E-state index in [4.69, 9.17) is 10.5 Å². The molecule has 0 bridgehead atoms. The zero-order chi connectivity index (χ0) is 10.4. The summed E-state index contributed by atoms with van der Waals surface area (Å²) in [5.41, 5.74) is 6.10. The lowest BCUT2D eigenvalue weighted by molar-refractivity contribution is 0.169. The van der Waals surface area contributed by atoms with Gasteiger partial charge >= 0.3 is 0 Å². The van der Waals surface area contributed by atoms with Gasteiger partial charge in [-0.2, -0.15) is 0 Å². The Balaban J connectivity index is 2.71. The van der Waals surface area contributed by atoms with Crippen LogP contribution in [0.1, 0.15) is 25.0 Å². The molecule has 0 aromatic carbocycles. The molecule has 4 nitrogen and oxygen atoms in total. The van der Waals surface area contributed by atoms with Gasteiger partial charge in [-0.05, 0) is 26.0 Å². The minimum atomic E-state index is -0.548. The van der Waals surface area contributed by atoms with Gasteiger partial charge in [0.2, 0.25) is 0 Å². The smallest absolute Gasteiger partial charge is 0.137 e. The second-order valence-corrected chi connectivity index (χ2v) is 2.98. The quantitative estimate of drug-likeness (QED) is 0.733. The van der Waals surface area contributed by atoms with Gasteiger partial charge in [0.15, 0.2) is 0 Å². The van der Waals surface area contributed by atoms with E-state index in [1.54, 1.807) is 18.5 Å². The predicted octanol–water partition coefficient (Wildman–Crippen LogP) is 0.863. The lowest BCUT2D eigenvalue weighted by atomic mass is 10.1. The van der Waals surface area contributed by atoms with Gasteiger partial charge in [-0.25, -0.2) is 0 Å². The molecule has 0 fully saturated rings. The normalized spacial score (nSPS) is 12.5. The minimum Gasteiger partial charge on any atom is -0.492 e. The second kappa shape index (κ2) is 5.57. The Morgan fingerprint density at radius 1 is 1.57 bits per heavy atom. The fraction of sp³-hybridized carbons (Fsp3) is 0.500. The molecule has 0 saturated carbocycles. The van der Waals surface area contributed by atoms with Crippen LogP contribution in [0, 0.1) is 0 Å². The maximum Gasteiger partial charge on any atom is 0.137 e. The molecular formula is C10H16N2O2. The summed E-state index contributed by atoms with van der Waals surface area (Å²) >= 11 is 0. The average Bonchev–Trinajstić information content (AvgIpc) is 2.19. The Labute approximate surface area is 83.7 Å². The number of aromatic nitrogens is 1. The molecule has 1 heterocycles. The Kier molecular flexibility index (Phi) is 4.35. The van der Waals surface area contributed by atoms with Crippen LogP contribution in [0.4, 0.5) is 0 Å². The Morgan fingerprint density at radius 3 is 3.00 bits per heavy atom. The number of ether oxygens (including phenoxy) is 1. The van der Waals surface area contributed by atoms with Crippen molar-refractivity contribution in [1.82, 2.24) is 4.98 Å². The summed E-state index contributed by atoms with van der Waals surface area (Å²) in [5.74, 6) is 0.682. The van der Waals surface area contributed by atoms with Crippen molar-refractivity contribution in [1.29, 1.82) is 0 Å². The molecule has 0 radical (unpaired) electrons. The molecule has 3 N–H and O–H groups in total. The fourth-order valence-corrected chi connectivity index (χ4v) is 1.19. The number of nitrogens with zero attached hydrogens (tertiary/aromatic N) is 1. The van der Waals surface area contributed by atoms with Crippen LogP contribution in [0.3, 0.4) is 0 Å². The van der Waals surface area contributed by atoms with Gasteiger partial charge in [-0.3, -0.25) is 4.98 Å². The van der Waals surface area contributed by atoms with Gasteiger partial charge < -0.3 is 15.6 Å². The first-order valence-electron chi connectivity index (χ1n) is 4.73. The lowest BCUT2D eigenvalue weighted by Gasteiger charge is -2.10. The lowest BCUT2D eigenvalue weighted by Crippen LogP contribution is -2.07. The number of nitrogens with two attached hydrogens (primary N) is 1. The molecule has 1 aromatic rings. The van der Waals surface area contributed by atoms with E-state index in [1.165, 1.54) is 0 Å². The molecule has 1 rings (SSSR count). The van der Waals surface area contributed by atoms with Crippen LogP contribution in [0.2, 0.25) is 0 Å². The molecule has 0 saturated heterocycles. The molecule has 0 aliphatic rings. The summed E-state index contributed by atoms with van der Waals surface area (Å²) in [5, 5.41) is 9.64. The van der Waals surface area contributed by atoms with E-state index in [2.05, 4.69) is 4.98 Å². The maximum atomic E-state index is 9.64. The molecule has 14 heavy (non-hydrogen) atoms. The van der Waals surface area contributed by atoms with Gasteiger partial charge in [0.25, 0.3) is 0 Å². The fourth-order valence-electron chi connectivity index (χ4n) is 1.19. The van der Waals surface area contributed by atoms with Crippen molar-refractivity contribution < 1.29 is 9.84 Å². The highest BCUT2D eigenvalue weighted by Gasteiger charge is 2.07. The third-order valence-electron chi connectivity index (χ3n) is 1.87. The van der Waals surface area contributed by atoms with Crippen LogP contribution in [0.15, 0.2) is 18.5 Å². The summed E-state index contributed by atoms with van der Waals surface area (Å²) in [6.07, 6.45) is 3.25. The van der Waals surface area contributed by atoms with Gasteiger partial charge in [0.05, 0.1) is 18.9 Å². The molecule has 1 unspecified atom stereocenters. The van der Waals surface area contributed by atoms with Crippen LogP contribution in [-0.4, -0.2) is 23.2 Å². The van der Waals surface area contributed by atoms with Crippen molar-refractivity contribution >= 4 is 0 Å². The van der Waals surface area contributed by atoms with Crippen LogP contribution in [0.5, 0.6) is 5.75 Å². The number of rotatable bonds is 5. The van der Waals surface area contributed by atoms with Crippen molar-refractivity contribution in [2.75, 3.05) is 13.2 Å². The average molecular weight is 196 g/mol. The third kappa shape index (κ3) is 2.97. The summed E-state index contributed by atoms with van der Waals surface area (Å²) in [6, 6.07) is 1.79. The van der Waals surface area contributed by atoms with E-state index < -0.39 is 6.10 Å². The van der Waals surface area contributed by atoms with Crippen molar-refractivity contribution in [3.63, 3.8) is 0 Å². The highest BCUT2D eigenvalue weighted by Crippen LogP contribution is 2.19. The Morgan fingerprint density at radius 2 is 2.36 bits per heavy atom. The van der Waals surface area contributed by atoms with Gasteiger partial charge in [0, 0.05) is 11.8 Å². The van der Waals surface area contributed by atoms with E-state index in [9.17, 15) is 5.11 Å². The summed E-state index contributed by atoms with van der Waals surface area (Å²) in [7, 11) is 0. The standard InChI is InChI=1S/C10H16N2O2/c1-2-14-9-5-8(6-12-7-9)10(13)3-4-11/h5-7,10,13H,2-4,11H2,1H3. The first kappa shape index (κ1) is 10.9. The number of pyridine rings is 1. The molecule has 78 valence electrons. The summed E-state index contributed by atoms with van der Waals surface area (Å²) in [6.45, 7) is 2.96. The second-order valence-electron chi connectivity index (χ2n) is 2.98. The number of hydrogen-bond acceptors (Lipinski definition) is 4. The van der Waals surface area contributed by atoms with Crippen LogP contribution in [-0.2, 0) is 0 Å². The van der Waals surface area contributed by atoms with E-state index in [-0.39, 0.29) is 0 Å². The Bertz CT molecular complexity index is 279. The van der Waals surface area contributed by atoms with Crippen molar-refractivity contribution in [3.05, 3.63) is 24.0 Å². The highest BCUT2D eigenvalue weighted by molar-refractivity contribution is 5.25. The minimum absolute atomic E-state index is 0.458.